The first-order chi connectivity index (χ1) is 9.36. The van der Waals surface area contributed by atoms with Gasteiger partial charge in [0.1, 0.15) is 0 Å². The Hall–Kier alpha value is -1.72. The Bertz CT molecular complexity index is 711. The molecule has 106 valence electrons. The van der Waals surface area contributed by atoms with E-state index in [1.165, 1.54) is 6.07 Å². The van der Waals surface area contributed by atoms with Crippen LogP contribution in [0.2, 0.25) is 0 Å². The van der Waals surface area contributed by atoms with Crippen LogP contribution in [0.1, 0.15) is 22.4 Å². The van der Waals surface area contributed by atoms with E-state index >= 15 is 0 Å². The second kappa shape index (κ2) is 5.34. The summed E-state index contributed by atoms with van der Waals surface area (Å²) >= 11 is 0. The standard InChI is InChI=1S/C15H17NO3S/c1-10-4-6-13(7-5-10)20(18,19)15-8-11(2)14(9-17)12(3)16-15/h4-8,17H,9H2,1-3H3. The lowest BCUT2D eigenvalue weighted by Gasteiger charge is -2.10. The molecule has 0 radical (unpaired) electrons. The number of sulfone groups is 1. The molecule has 5 heteroatoms. The van der Waals surface area contributed by atoms with Crippen molar-refractivity contribution in [3.05, 3.63) is 52.7 Å². The van der Waals surface area contributed by atoms with Gasteiger partial charge in [0.05, 0.1) is 11.5 Å². The third kappa shape index (κ3) is 2.59. The summed E-state index contributed by atoms with van der Waals surface area (Å²) in [6.07, 6.45) is 0. The number of aliphatic hydroxyl groups is 1. The van der Waals surface area contributed by atoms with Crippen molar-refractivity contribution in [2.75, 3.05) is 0 Å². The Morgan fingerprint density at radius 1 is 1.10 bits per heavy atom. The molecule has 1 N–H and O–H groups in total. The number of pyridine rings is 1. The topological polar surface area (TPSA) is 67.3 Å². The number of nitrogens with zero attached hydrogens (tertiary/aromatic N) is 1. The van der Waals surface area contributed by atoms with E-state index in [1.54, 1.807) is 38.1 Å². The van der Waals surface area contributed by atoms with E-state index in [1.807, 2.05) is 6.92 Å². The minimum absolute atomic E-state index is 0.0218. The molecule has 0 saturated carbocycles. The molecule has 0 saturated heterocycles. The predicted molar refractivity (Wildman–Crippen MR) is 76.3 cm³/mol. The lowest BCUT2D eigenvalue weighted by molar-refractivity contribution is 0.279. The molecule has 2 rings (SSSR count). The second-order valence-electron chi connectivity index (χ2n) is 4.82. The molecule has 1 aromatic heterocycles. The zero-order valence-electron chi connectivity index (χ0n) is 11.7. The van der Waals surface area contributed by atoms with Crippen LogP contribution in [-0.4, -0.2) is 18.5 Å². The summed E-state index contributed by atoms with van der Waals surface area (Å²) in [5.41, 5.74) is 2.94. The van der Waals surface area contributed by atoms with Crippen LogP contribution in [0.5, 0.6) is 0 Å². The molecular formula is C15H17NO3S. The lowest BCUT2D eigenvalue weighted by atomic mass is 10.1. The maximum Gasteiger partial charge on any atom is 0.223 e. The van der Waals surface area contributed by atoms with E-state index in [-0.39, 0.29) is 16.5 Å². The van der Waals surface area contributed by atoms with Gasteiger partial charge in [-0.15, -0.1) is 0 Å². The van der Waals surface area contributed by atoms with Gasteiger partial charge >= 0.3 is 0 Å². The van der Waals surface area contributed by atoms with Gasteiger partial charge in [-0.1, -0.05) is 17.7 Å². The molecule has 0 spiro atoms. The first-order valence-corrected chi connectivity index (χ1v) is 7.74. The average Bonchev–Trinajstić information content (AvgIpc) is 2.38. The highest BCUT2D eigenvalue weighted by molar-refractivity contribution is 7.91. The quantitative estimate of drug-likeness (QED) is 0.942. The highest BCUT2D eigenvalue weighted by Gasteiger charge is 2.21. The Kier molecular flexibility index (Phi) is 3.92. The van der Waals surface area contributed by atoms with E-state index in [0.29, 0.717) is 11.3 Å². The van der Waals surface area contributed by atoms with E-state index < -0.39 is 9.84 Å². The smallest absolute Gasteiger partial charge is 0.223 e. The van der Waals surface area contributed by atoms with Gasteiger partial charge in [0.2, 0.25) is 9.84 Å². The Morgan fingerprint density at radius 3 is 2.20 bits per heavy atom. The Balaban J connectivity index is 2.58. The van der Waals surface area contributed by atoms with Crippen LogP contribution in [-0.2, 0) is 16.4 Å². The fraction of sp³-hybridized carbons (Fsp3) is 0.267. The van der Waals surface area contributed by atoms with Crippen molar-refractivity contribution >= 4 is 9.84 Å². The molecule has 0 aliphatic heterocycles. The summed E-state index contributed by atoms with van der Waals surface area (Å²) in [7, 11) is -3.62. The first kappa shape index (κ1) is 14.7. The third-order valence-electron chi connectivity index (χ3n) is 3.30. The summed E-state index contributed by atoms with van der Waals surface area (Å²) < 4.78 is 25.0. The molecule has 20 heavy (non-hydrogen) atoms. The van der Waals surface area contributed by atoms with Gasteiger partial charge in [-0.3, -0.25) is 0 Å². The molecule has 4 nitrogen and oxygen atoms in total. The highest BCUT2D eigenvalue weighted by Crippen LogP contribution is 2.23. The molecule has 0 fully saturated rings. The number of aryl methyl sites for hydroxylation is 3. The van der Waals surface area contributed by atoms with Crippen molar-refractivity contribution in [3.63, 3.8) is 0 Å². The first-order valence-electron chi connectivity index (χ1n) is 6.26. The van der Waals surface area contributed by atoms with E-state index in [4.69, 9.17) is 0 Å². The Morgan fingerprint density at radius 2 is 1.70 bits per heavy atom. The zero-order chi connectivity index (χ0) is 14.9. The number of aliphatic hydroxyl groups excluding tert-OH is 1. The summed E-state index contributed by atoms with van der Waals surface area (Å²) in [4.78, 5) is 4.36. The van der Waals surface area contributed by atoms with Gasteiger partial charge in [0.15, 0.2) is 5.03 Å². The van der Waals surface area contributed by atoms with Crippen molar-refractivity contribution < 1.29 is 13.5 Å². The second-order valence-corrected chi connectivity index (χ2v) is 6.71. The monoisotopic (exact) mass is 291 g/mol. The lowest BCUT2D eigenvalue weighted by Crippen LogP contribution is -2.08. The van der Waals surface area contributed by atoms with E-state index in [9.17, 15) is 13.5 Å². The van der Waals surface area contributed by atoms with Gasteiger partial charge in [0.25, 0.3) is 0 Å². The Labute approximate surface area is 119 Å². The van der Waals surface area contributed by atoms with Crippen LogP contribution in [0.4, 0.5) is 0 Å². The third-order valence-corrected chi connectivity index (χ3v) is 4.95. The van der Waals surface area contributed by atoms with Crippen LogP contribution in [0.3, 0.4) is 0 Å². The maximum atomic E-state index is 12.5. The molecule has 0 atom stereocenters. The molecule has 0 bridgehead atoms. The highest BCUT2D eigenvalue weighted by atomic mass is 32.2. The van der Waals surface area contributed by atoms with Gasteiger partial charge < -0.3 is 5.11 Å². The van der Waals surface area contributed by atoms with Gasteiger partial charge in [-0.2, -0.15) is 0 Å². The minimum atomic E-state index is -3.62. The molecule has 0 aliphatic carbocycles. The zero-order valence-corrected chi connectivity index (χ0v) is 12.5. The number of aromatic nitrogens is 1. The van der Waals surface area contributed by atoms with Crippen LogP contribution in [0.25, 0.3) is 0 Å². The molecule has 0 unspecified atom stereocenters. The minimum Gasteiger partial charge on any atom is -0.392 e. The normalized spacial score (nSPS) is 11.6. The molecule has 1 aromatic carbocycles. The predicted octanol–water partition coefficient (Wildman–Crippen LogP) is 2.33. The fourth-order valence-corrected chi connectivity index (χ4v) is 3.36. The summed E-state index contributed by atoms with van der Waals surface area (Å²) in [6, 6.07) is 8.19. The van der Waals surface area contributed by atoms with Gasteiger partial charge in [-0.25, -0.2) is 13.4 Å². The number of hydrogen-bond acceptors (Lipinski definition) is 4. The van der Waals surface area contributed by atoms with Crippen LogP contribution >= 0.6 is 0 Å². The van der Waals surface area contributed by atoms with Crippen molar-refractivity contribution in [2.45, 2.75) is 37.3 Å². The van der Waals surface area contributed by atoms with Crippen LogP contribution in [0.15, 0.2) is 40.3 Å². The van der Waals surface area contributed by atoms with Crippen molar-refractivity contribution in [2.24, 2.45) is 0 Å². The van der Waals surface area contributed by atoms with Crippen LogP contribution in [0, 0.1) is 20.8 Å². The molecular weight excluding hydrogens is 274 g/mol. The summed E-state index contributed by atoms with van der Waals surface area (Å²) in [5.74, 6) is 0. The molecule has 1 heterocycles. The van der Waals surface area contributed by atoms with Crippen LogP contribution < -0.4 is 0 Å². The van der Waals surface area contributed by atoms with Crippen molar-refractivity contribution in [3.8, 4) is 0 Å². The molecule has 0 aliphatic rings. The summed E-state index contributed by atoms with van der Waals surface area (Å²) in [5, 5.41) is 9.27. The number of rotatable bonds is 3. The van der Waals surface area contributed by atoms with Crippen molar-refractivity contribution in [1.29, 1.82) is 0 Å². The van der Waals surface area contributed by atoms with E-state index in [0.717, 1.165) is 11.1 Å². The average molecular weight is 291 g/mol. The molecule has 2 aromatic rings. The fourth-order valence-electron chi connectivity index (χ4n) is 2.04. The van der Waals surface area contributed by atoms with E-state index in [2.05, 4.69) is 4.98 Å². The van der Waals surface area contributed by atoms with Gasteiger partial charge in [-0.05, 0) is 44.5 Å². The number of benzene rings is 1. The van der Waals surface area contributed by atoms with Crippen molar-refractivity contribution in [1.82, 2.24) is 4.98 Å². The number of hydrogen-bond donors (Lipinski definition) is 1. The summed E-state index contributed by atoms with van der Waals surface area (Å²) in [6.45, 7) is 5.23. The SMILES string of the molecule is Cc1ccc(S(=O)(=O)c2cc(C)c(CO)c(C)n2)cc1. The largest absolute Gasteiger partial charge is 0.392 e. The molecule has 0 amide bonds. The maximum absolute atomic E-state index is 12.5. The van der Waals surface area contributed by atoms with Gasteiger partial charge in [0, 0.05) is 11.3 Å².